The van der Waals surface area contributed by atoms with Gasteiger partial charge in [-0.15, -0.1) is 11.3 Å². The van der Waals surface area contributed by atoms with E-state index in [9.17, 15) is 9.59 Å². The summed E-state index contributed by atoms with van der Waals surface area (Å²) in [6.45, 7) is 3.92. The molecule has 1 heterocycles. The molecule has 100 valence electrons. The van der Waals surface area contributed by atoms with Gasteiger partial charge in [0.15, 0.2) is 6.04 Å². The molecule has 5 nitrogen and oxygen atoms in total. The molecule has 0 aliphatic rings. The summed E-state index contributed by atoms with van der Waals surface area (Å²) in [5.74, 6) is -1.22. The van der Waals surface area contributed by atoms with Gasteiger partial charge in [-0.3, -0.25) is 4.79 Å². The number of carbonyl (C=O) groups is 2. The number of carbonyl (C=O) groups excluding carboxylic acids is 1. The van der Waals surface area contributed by atoms with E-state index in [2.05, 4.69) is 5.32 Å². The molecule has 2 atom stereocenters. The van der Waals surface area contributed by atoms with E-state index < -0.39 is 24.0 Å². The third-order valence-corrected chi connectivity index (χ3v) is 3.36. The largest absolute Gasteiger partial charge is 0.479 e. The second-order valence-electron chi connectivity index (χ2n) is 4.53. The number of thiophene rings is 1. The molecule has 18 heavy (non-hydrogen) atoms. The third kappa shape index (κ3) is 4.12. The molecular weight excluding hydrogens is 252 g/mol. The predicted molar refractivity (Wildman–Crippen MR) is 70.3 cm³/mol. The Kier molecular flexibility index (Phi) is 5.30. The van der Waals surface area contributed by atoms with Crippen molar-refractivity contribution in [3.8, 4) is 0 Å². The van der Waals surface area contributed by atoms with Crippen LogP contribution >= 0.6 is 11.3 Å². The molecule has 1 aromatic heterocycles. The molecule has 0 radical (unpaired) electrons. The first kappa shape index (κ1) is 14.7. The molecule has 0 fully saturated rings. The Bertz CT molecular complexity index is 403. The van der Waals surface area contributed by atoms with Crippen molar-refractivity contribution in [3.05, 3.63) is 22.4 Å². The van der Waals surface area contributed by atoms with Gasteiger partial charge in [-0.1, -0.05) is 19.9 Å². The molecular formula is C12H18N2O3S. The number of rotatable bonds is 6. The van der Waals surface area contributed by atoms with Gasteiger partial charge in [0.1, 0.15) is 0 Å². The highest BCUT2D eigenvalue weighted by Crippen LogP contribution is 2.19. The quantitative estimate of drug-likeness (QED) is 0.727. The van der Waals surface area contributed by atoms with Gasteiger partial charge in [-0.05, 0) is 23.8 Å². The Morgan fingerprint density at radius 3 is 2.61 bits per heavy atom. The SMILES string of the molecule is CC(C)CC(N)C(=O)NC(C(=O)O)c1cccs1. The molecule has 2 unspecified atom stereocenters. The first-order chi connectivity index (χ1) is 8.41. The minimum absolute atomic E-state index is 0.288. The minimum atomic E-state index is -1.08. The summed E-state index contributed by atoms with van der Waals surface area (Å²) in [6.07, 6.45) is 0.530. The van der Waals surface area contributed by atoms with Gasteiger partial charge in [-0.2, -0.15) is 0 Å². The zero-order valence-corrected chi connectivity index (χ0v) is 11.2. The maximum Gasteiger partial charge on any atom is 0.331 e. The minimum Gasteiger partial charge on any atom is -0.479 e. The van der Waals surface area contributed by atoms with E-state index in [4.69, 9.17) is 10.8 Å². The number of hydrogen-bond acceptors (Lipinski definition) is 4. The lowest BCUT2D eigenvalue weighted by Gasteiger charge is -2.18. The van der Waals surface area contributed by atoms with Crippen molar-refractivity contribution in [2.24, 2.45) is 11.7 Å². The van der Waals surface area contributed by atoms with Crippen molar-refractivity contribution in [2.75, 3.05) is 0 Å². The van der Waals surface area contributed by atoms with Crippen LogP contribution in [0.1, 0.15) is 31.2 Å². The second kappa shape index (κ2) is 6.51. The van der Waals surface area contributed by atoms with Gasteiger partial charge in [-0.25, -0.2) is 4.79 Å². The standard InChI is InChI=1S/C12H18N2O3S/c1-7(2)6-8(13)11(15)14-10(12(16)17)9-4-3-5-18-9/h3-5,7-8,10H,6,13H2,1-2H3,(H,14,15)(H,16,17). The summed E-state index contributed by atoms with van der Waals surface area (Å²) in [5, 5.41) is 13.3. The van der Waals surface area contributed by atoms with Crippen LogP contribution in [0.25, 0.3) is 0 Å². The molecule has 0 spiro atoms. The number of hydrogen-bond donors (Lipinski definition) is 3. The van der Waals surface area contributed by atoms with E-state index in [1.807, 2.05) is 13.8 Å². The zero-order valence-electron chi connectivity index (χ0n) is 10.4. The van der Waals surface area contributed by atoms with Crippen molar-refractivity contribution < 1.29 is 14.7 Å². The summed E-state index contributed by atoms with van der Waals surface area (Å²) in [5.41, 5.74) is 5.72. The van der Waals surface area contributed by atoms with Crippen LogP contribution in [0.15, 0.2) is 17.5 Å². The van der Waals surface area contributed by atoms with Crippen LogP contribution in [0.5, 0.6) is 0 Å². The summed E-state index contributed by atoms with van der Waals surface area (Å²) in [4.78, 5) is 23.5. The highest BCUT2D eigenvalue weighted by atomic mass is 32.1. The maximum atomic E-state index is 11.8. The van der Waals surface area contributed by atoms with Crippen LogP contribution in [0, 0.1) is 5.92 Å². The number of aliphatic carboxylic acids is 1. The smallest absolute Gasteiger partial charge is 0.331 e. The van der Waals surface area contributed by atoms with Gasteiger partial charge in [0, 0.05) is 4.88 Å². The fourth-order valence-corrected chi connectivity index (χ4v) is 2.34. The Morgan fingerprint density at radius 2 is 2.17 bits per heavy atom. The van der Waals surface area contributed by atoms with Crippen molar-refractivity contribution in [2.45, 2.75) is 32.4 Å². The van der Waals surface area contributed by atoms with E-state index in [1.54, 1.807) is 17.5 Å². The first-order valence-corrected chi connectivity index (χ1v) is 6.62. The van der Waals surface area contributed by atoms with Gasteiger partial charge in [0.2, 0.25) is 5.91 Å². The average molecular weight is 270 g/mol. The number of nitrogens with one attached hydrogen (secondary N) is 1. The van der Waals surface area contributed by atoms with Gasteiger partial charge in [0.05, 0.1) is 6.04 Å². The van der Waals surface area contributed by atoms with Crippen LogP contribution in [-0.2, 0) is 9.59 Å². The molecule has 1 rings (SSSR count). The fraction of sp³-hybridized carbons (Fsp3) is 0.500. The normalized spacial score (nSPS) is 14.2. The van der Waals surface area contributed by atoms with Gasteiger partial charge in [0.25, 0.3) is 0 Å². The average Bonchev–Trinajstić information content (AvgIpc) is 2.77. The third-order valence-electron chi connectivity index (χ3n) is 2.42. The van der Waals surface area contributed by atoms with Crippen molar-refractivity contribution >= 4 is 23.2 Å². The lowest BCUT2D eigenvalue weighted by atomic mass is 10.0. The van der Waals surface area contributed by atoms with E-state index in [0.29, 0.717) is 11.3 Å². The molecule has 1 aromatic rings. The number of carboxylic acid groups (broad SMARTS) is 1. The highest BCUT2D eigenvalue weighted by molar-refractivity contribution is 7.10. The van der Waals surface area contributed by atoms with Gasteiger partial charge >= 0.3 is 5.97 Å². The predicted octanol–water partition coefficient (Wildman–Crippen LogP) is 1.36. The zero-order chi connectivity index (χ0) is 13.7. The van der Waals surface area contributed by atoms with Crippen molar-refractivity contribution in [3.63, 3.8) is 0 Å². The summed E-state index contributed by atoms with van der Waals surface area (Å²) < 4.78 is 0. The highest BCUT2D eigenvalue weighted by Gasteiger charge is 2.25. The Hall–Kier alpha value is -1.40. The summed E-state index contributed by atoms with van der Waals surface area (Å²) >= 11 is 1.29. The maximum absolute atomic E-state index is 11.8. The first-order valence-electron chi connectivity index (χ1n) is 5.74. The van der Waals surface area contributed by atoms with Crippen LogP contribution in [-0.4, -0.2) is 23.0 Å². The van der Waals surface area contributed by atoms with E-state index >= 15 is 0 Å². The lowest BCUT2D eigenvalue weighted by Crippen LogP contribution is -2.44. The number of amides is 1. The number of nitrogens with two attached hydrogens (primary N) is 1. The molecule has 0 bridgehead atoms. The molecule has 0 aliphatic heterocycles. The Morgan fingerprint density at radius 1 is 1.50 bits per heavy atom. The summed E-state index contributed by atoms with van der Waals surface area (Å²) in [7, 11) is 0. The molecule has 0 aromatic carbocycles. The second-order valence-corrected chi connectivity index (χ2v) is 5.51. The Labute approximate surface area is 110 Å². The monoisotopic (exact) mass is 270 g/mol. The van der Waals surface area contributed by atoms with Crippen LogP contribution in [0.4, 0.5) is 0 Å². The lowest BCUT2D eigenvalue weighted by molar-refractivity contribution is -0.142. The van der Waals surface area contributed by atoms with Crippen LogP contribution < -0.4 is 11.1 Å². The molecule has 4 N–H and O–H groups in total. The topological polar surface area (TPSA) is 92.4 Å². The van der Waals surface area contributed by atoms with E-state index in [-0.39, 0.29) is 5.92 Å². The van der Waals surface area contributed by atoms with Crippen molar-refractivity contribution in [1.29, 1.82) is 0 Å². The molecule has 1 amide bonds. The fourth-order valence-electron chi connectivity index (χ4n) is 1.57. The molecule has 0 saturated heterocycles. The Balaban J connectivity index is 2.68. The number of carboxylic acids is 1. The molecule has 0 saturated carbocycles. The van der Waals surface area contributed by atoms with E-state index in [0.717, 1.165) is 0 Å². The van der Waals surface area contributed by atoms with Gasteiger partial charge < -0.3 is 16.2 Å². The van der Waals surface area contributed by atoms with Crippen LogP contribution in [0.3, 0.4) is 0 Å². The molecule has 0 aliphatic carbocycles. The molecule has 6 heteroatoms. The van der Waals surface area contributed by atoms with Crippen LogP contribution in [0.2, 0.25) is 0 Å². The van der Waals surface area contributed by atoms with E-state index in [1.165, 1.54) is 11.3 Å². The van der Waals surface area contributed by atoms with Crippen molar-refractivity contribution in [1.82, 2.24) is 5.32 Å². The summed E-state index contributed by atoms with van der Waals surface area (Å²) in [6, 6.07) is 1.73.